The van der Waals surface area contributed by atoms with Crippen LogP contribution in [0.2, 0.25) is 5.02 Å². The van der Waals surface area contributed by atoms with Crippen LogP contribution in [0.25, 0.3) is 5.69 Å². The number of aromatic nitrogens is 3. The molecule has 2 aromatic rings. The number of hydrogen-bond acceptors (Lipinski definition) is 5. The lowest BCUT2D eigenvalue weighted by Crippen LogP contribution is -2.02. The van der Waals surface area contributed by atoms with Crippen molar-refractivity contribution < 1.29 is 0 Å². The number of benzene rings is 1. The second-order valence-corrected chi connectivity index (χ2v) is 6.15. The number of hydrogen-bond donors (Lipinski definition) is 0. The fraction of sp³-hybridized carbons (Fsp3) is 0.333. The summed E-state index contributed by atoms with van der Waals surface area (Å²) in [6.45, 7) is 1.95. The van der Waals surface area contributed by atoms with Crippen LogP contribution >= 0.6 is 23.4 Å². The van der Waals surface area contributed by atoms with E-state index in [9.17, 15) is 0 Å². The van der Waals surface area contributed by atoms with Gasteiger partial charge in [0.05, 0.1) is 23.7 Å². The van der Waals surface area contributed by atoms with Crippen LogP contribution in [-0.2, 0) is 0 Å². The van der Waals surface area contributed by atoms with Crippen LogP contribution in [0.3, 0.4) is 0 Å². The minimum absolute atomic E-state index is 0.170. The fourth-order valence-electron chi connectivity index (χ4n) is 1.83. The van der Waals surface area contributed by atoms with Crippen molar-refractivity contribution in [2.24, 2.45) is 5.92 Å². The summed E-state index contributed by atoms with van der Waals surface area (Å²) in [5, 5.41) is 27.1. The fourth-order valence-corrected chi connectivity index (χ4v) is 2.99. The molecule has 0 aliphatic carbocycles. The highest BCUT2D eigenvalue weighted by Crippen LogP contribution is 2.25. The maximum Gasteiger partial charge on any atom is 0.195 e. The zero-order valence-corrected chi connectivity index (χ0v) is 13.6. The van der Waals surface area contributed by atoms with E-state index < -0.39 is 0 Å². The van der Waals surface area contributed by atoms with Crippen molar-refractivity contribution in [3.8, 4) is 17.8 Å². The van der Waals surface area contributed by atoms with E-state index in [0.29, 0.717) is 28.8 Å². The van der Waals surface area contributed by atoms with E-state index >= 15 is 0 Å². The van der Waals surface area contributed by atoms with Gasteiger partial charge in [-0.1, -0.05) is 29.4 Å². The van der Waals surface area contributed by atoms with Crippen molar-refractivity contribution in [3.05, 3.63) is 35.1 Å². The van der Waals surface area contributed by atoms with Gasteiger partial charge in [-0.15, -0.1) is 10.2 Å². The Labute approximate surface area is 138 Å². The molecule has 0 spiro atoms. The number of rotatable bonds is 6. The van der Waals surface area contributed by atoms with Gasteiger partial charge in [0, 0.05) is 17.2 Å². The molecule has 0 saturated carbocycles. The van der Waals surface area contributed by atoms with Gasteiger partial charge >= 0.3 is 0 Å². The van der Waals surface area contributed by atoms with Gasteiger partial charge in [0.25, 0.3) is 0 Å². The van der Waals surface area contributed by atoms with E-state index in [2.05, 4.69) is 22.3 Å². The SMILES string of the molecule is Cc1ccc(-n2cnnc2SCC(C#N)CCC#N)cc1Cl. The normalized spacial score (nSPS) is 11.6. The molecular weight excluding hydrogens is 318 g/mol. The molecule has 0 aliphatic rings. The summed E-state index contributed by atoms with van der Waals surface area (Å²) in [6, 6.07) is 10.0. The lowest BCUT2D eigenvalue weighted by molar-refractivity contribution is 0.683. The number of halogens is 1. The minimum Gasteiger partial charge on any atom is -0.277 e. The molecule has 0 bridgehead atoms. The Balaban J connectivity index is 2.11. The van der Waals surface area contributed by atoms with Gasteiger partial charge in [-0.25, -0.2) is 0 Å². The van der Waals surface area contributed by atoms with Crippen molar-refractivity contribution in [3.63, 3.8) is 0 Å². The van der Waals surface area contributed by atoms with Crippen LogP contribution in [0.5, 0.6) is 0 Å². The number of thioether (sulfide) groups is 1. The molecular formula is C15H14ClN5S. The van der Waals surface area contributed by atoms with Crippen LogP contribution in [0, 0.1) is 35.5 Å². The molecule has 1 atom stereocenters. The summed E-state index contributed by atoms with van der Waals surface area (Å²) in [5.74, 6) is 0.410. The molecule has 1 aromatic heterocycles. The van der Waals surface area contributed by atoms with E-state index in [4.69, 9.17) is 22.1 Å². The van der Waals surface area contributed by atoms with Crippen molar-refractivity contribution >= 4 is 23.4 Å². The Hall–Kier alpha value is -2.02. The van der Waals surface area contributed by atoms with Gasteiger partial charge in [0.1, 0.15) is 6.33 Å². The van der Waals surface area contributed by atoms with Gasteiger partial charge in [-0.3, -0.25) is 4.57 Å². The van der Waals surface area contributed by atoms with Gasteiger partial charge in [0.2, 0.25) is 0 Å². The highest BCUT2D eigenvalue weighted by molar-refractivity contribution is 7.99. The third-order valence-corrected chi connectivity index (χ3v) is 4.66. The molecule has 7 heteroatoms. The first-order valence-electron chi connectivity index (χ1n) is 6.71. The second kappa shape index (κ2) is 7.84. The topological polar surface area (TPSA) is 78.3 Å². The van der Waals surface area contributed by atoms with Gasteiger partial charge in [-0.05, 0) is 31.0 Å². The second-order valence-electron chi connectivity index (χ2n) is 4.75. The molecule has 0 amide bonds. The lowest BCUT2D eigenvalue weighted by atomic mass is 10.1. The molecule has 1 aromatic carbocycles. The Bertz CT molecular complexity index is 728. The zero-order valence-electron chi connectivity index (χ0n) is 12.0. The lowest BCUT2D eigenvalue weighted by Gasteiger charge is -2.09. The van der Waals surface area contributed by atoms with Crippen LogP contribution in [0.4, 0.5) is 0 Å². The van der Waals surface area contributed by atoms with Crippen LogP contribution in [0.15, 0.2) is 29.7 Å². The molecule has 0 aliphatic heterocycles. The average molecular weight is 332 g/mol. The number of aryl methyl sites for hydroxylation is 1. The molecule has 0 radical (unpaired) electrons. The standard InChI is InChI=1S/C15H14ClN5S/c1-11-4-5-13(7-14(11)16)21-10-19-20-15(21)22-9-12(8-18)3-2-6-17/h4-5,7,10,12H,2-3,9H2,1H3. The predicted octanol–water partition coefficient (Wildman–Crippen LogP) is 3.76. The van der Waals surface area contributed by atoms with E-state index in [0.717, 1.165) is 11.3 Å². The maximum absolute atomic E-state index is 9.10. The third kappa shape index (κ3) is 4.00. The summed E-state index contributed by atoms with van der Waals surface area (Å²) < 4.78 is 1.84. The molecule has 2 rings (SSSR count). The van der Waals surface area contributed by atoms with Gasteiger partial charge < -0.3 is 0 Å². The van der Waals surface area contributed by atoms with E-state index in [-0.39, 0.29) is 5.92 Å². The van der Waals surface area contributed by atoms with Crippen molar-refractivity contribution in [2.75, 3.05) is 5.75 Å². The summed E-state index contributed by atoms with van der Waals surface area (Å²) >= 11 is 7.61. The molecule has 1 heterocycles. The first-order chi connectivity index (χ1) is 10.7. The molecule has 22 heavy (non-hydrogen) atoms. The number of nitrogens with zero attached hydrogens (tertiary/aromatic N) is 5. The summed E-state index contributed by atoms with van der Waals surface area (Å²) in [6.07, 6.45) is 2.59. The van der Waals surface area contributed by atoms with Crippen LogP contribution in [-0.4, -0.2) is 20.5 Å². The molecule has 0 fully saturated rings. The van der Waals surface area contributed by atoms with Crippen LogP contribution in [0.1, 0.15) is 18.4 Å². The quantitative estimate of drug-likeness (QED) is 0.753. The maximum atomic E-state index is 9.10. The number of nitriles is 2. The predicted molar refractivity (Wildman–Crippen MR) is 85.8 cm³/mol. The average Bonchev–Trinajstić information content (AvgIpc) is 2.99. The Morgan fingerprint density at radius 3 is 2.91 bits per heavy atom. The third-order valence-electron chi connectivity index (χ3n) is 3.15. The molecule has 1 unspecified atom stereocenters. The highest BCUT2D eigenvalue weighted by atomic mass is 35.5. The van der Waals surface area contributed by atoms with E-state index in [1.807, 2.05) is 29.7 Å². The summed E-state index contributed by atoms with van der Waals surface area (Å²) in [4.78, 5) is 0. The monoisotopic (exact) mass is 331 g/mol. The van der Waals surface area contributed by atoms with Gasteiger partial charge in [0.15, 0.2) is 5.16 Å². The first kappa shape index (κ1) is 16.4. The van der Waals surface area contributed by atoms with Gasteiger partial charge in [-0.2, -0.15) is 10.5 Å². The van der Waals surface area contributed by atoms with E-state index in [1.54, 1.807) is 6.33 Å². The molecule has 5 nitrogen and oxygen atoms in total. The molecule has 0 saturated heterocycles. The molecule has 0 N–H and O–H groups in total. The first-order valence-corrected chi connectivity index (χ1v) is 8.08. The minimum atomic E-state index is -0.170. The van der Waals surface area contributed by atoms with Crippen molar-refractivity contribution in [1.82, 2.24) is 14.8 Å². The Kier molecular flexibility index (Phi) is 5.83. The highest BCUT2D eigenvalue weighted by Gasteiger charge is 2.13. The van der Waals surface area contributed by atoms with Crippen molar-refractivity contribution in [2.45, 2.75) is 24.9 Å². The Morgan fingerprint density at radius 1 is 1.41 bits per heavy atom. The van der Waals surface area contributed by atoms with Crippen LogP contribution < -0.4 is 0 Å². The largest absolute Gasteiger partial charge is 0.277 e. The van der Waals surface area contributed by atoms with Crippen molar-refractivity contribution in [1.29, 1.82) is 10.5 Å². The smallest absolute Gasteiger partial charge is 0.195 e. The summed E-state index contributed by atoms with van der Waals surface area (Å²) in [7, 11) is 0. The molecule has 112 valence electrons. The van der Waals surface area contributed by atoms with E-state index in [1.165, 1.54) is 11.8 Å². The summed E-state index contributed by atoms with van der Waals surface area (Å²) in [5.41, 5.74) is 1.89. The Morgan fingerprint density at radius 2 is 2.23 bits per heavy atom. The zero-order chi connectivity index (χ0) is 15.9.